The van der Waals surface area contributed by atoms with Gasteiger partial charge in [-0.15, -0.1) is 12.4 Å². The predicted octanol–water partition coefficient (Wildman–Crippen LogP) is 0.948. The molecule has 1 aliphatic heterocycles. The highest BCUT2D eigenvalue weighted by Crippen LogP contribution is 2.13. The van der Waals surface area contributed by atoms with Gasteiger partial charge in [0.2, 0.25) is 17.8 Å². The molecule has 2 N–H and O–H groups in total. The van der Waals surface area contributed by atoms with E-state index in [1.165, 1.54) is 0 Å². The Bertz CT molecular complexity index is 764. The molecule has 0 saturated carbocycles. The van der Waals surface area contributed by atoms with Crippen LogP contribution in [-0.4, -0.2) is 66.5 Å². The molecule has 1 fully saturated rings. The number of carbonyl (C=O) groups excluding carboxylic acids is 2. The Hall–Kier alpha value is -2.71. The van der Waals surface area contributed by atoms with Gasteiger partial charge in [-0.3, -0.25) is 9.59 Å². The van der Waals surface area contributed by atoms with Gasteiger partial charge >= 0.3 is 0 Å². The highest BCUT2D eigenvalue weighted by molar-refractivity contribution is 5.92. The Balaban J connectivity index is 0.00000280. The lowest BCUT2D eigenvalue weighted by Gasteiger charge is -2.34. The fourth-order valence-electron chi connectivity index (χ4n) is 2.97. The van der Waals surface area contributed by atoms with Gasteiger partial charge in [-0.05, 0) is 30.8 Å². The second-order valence-electron chi connectivity index (χ2n) is 6.37. The number of aromatic nitrogens is 2. The van der Waals surface area contributed by atoms with Gasteiger partial charge < -0.3 is 20.4 Å². The lowest BCUT2D eigenvalue weighted by Crippen LogP contribution is -2.49. The SMILES string of the molecule is CNCC(=O)Nc1ccc(CC(=O)N2CCN(c3ncccn3)CC2)cc1.Cl. The first-order chi connectivity index (χ1) is 13.2. The average molecular weight is 405 g/mol. The number of benzene rings is 1. The summed E-state index contributed by atoms with van der Waals surface area (Å²) in [5.41, 5.74) is 1.66. The third-order valence-electron chi connectivity index (χ3n) is 4.40. The Morgan fingerprint density at radius 1 is 1.04 bits per heavy atom. The Morgan fingerprint density at radius 3 is 2.29 bits per heavy atom. The van der Waals surface area contributed by atoms with E-state index >= 15 is 0 Å². The fourth-order valence-corrected chi connectivity index (χ4v) is 2.97. The maximum Gasteiger partial charge on any atom is 0.238 e. The van der Waals surface area contributed by atoms with Crippen LogP contribution in [-0.2, 0) is 16.0 Å². The minimum Gasteiger partial charge on any atom is -0.339 e. The number of likely N-dealkylation sites (N-methyl/N-ethyl adjacent to an activating group) is 1. The van der Waals surface area contributed by atoms with Crippen molar-refractivity contribution in [3.8, 4) is 0 Å². The van der Waals surface area contributed by atoms with E-state index < -0.39 is 0 Å². The predicted molar refractivity (Wildman–Crippen MR) is 111 cm³/mol. The molecule has 150 valence electrons. The van der Waals surface area contributed by atoms with E-state index in [0.29, 0.717) is 25.5 Å². The van der Waals surface area contributed by atoms with Crippen LogP contribution >= 0.6 is 12.4 Å². The van der Waals surface area contributed by atoms with Crippen LogP contribution in [0.4, 0.5) is 11.6 Å². The molecule has 1 aliphatic rings. The number of piperazine rings is 1. The molecule has 9 heteroatoms. The van der Waals surface area contributed by atoms with E-state index in [9.17, 15) is 9.59 Å². The van der Waals surface area contributed by atoms with Crippen molar-refractivity contribution in [3.63, 3.8) is 0 Å². The smallest absolute Gasteiger partial charge is 0.238 e. The number of halogens is 1. The molecule has 1 aromatic heterocycles. The van der Waals surface area contributed by atoms with Crippen molar-refractivity contribution in [1.29, 1.82) is 0 Å². The van der Waals surface area contributed by atoms with E-state index in [0.717, 1.165) is 24.3 Å². The van der Waals surface area contributed by atoms with Crippen LogP contribution in [0.5, 0.6) is 0 Å². The van der Waals surface area contributed by atoms with Gasteiger partial charge in [0.1, 0.15) is 0 Å². The van der Waals surface area contributed by atoms with Crippen LogP contribution in [0, 0.1) is 0 Å². The highest BCUT2D eigenvalue weighted by atomic mass is 35.5. The van der Waals surface area contributed by atoms with Crippen molar-refractivity contribution in [2.75, 3.05) is 50.0 Å². The van der Waals surface area contributed by atoms with Gasteiger partial charge in [-0.2, -0.15) is 0 Å². The van der Waals surface area contributed by atoms with Crippen molar-refractivity contribution < 1.29 is 9.59 Å². The number of hydrogen-bond donors (Lipinski definition) is 2. The average Bonchev–Trinajstić information content (AvgIpc) is 2.70. The number of anilines is 2. The Morgan fingerprint density at radius 2 is 1.68 bits per heavy atom. The molecule has 0 aliphatic carbocycles. The van der Waals surface area contributed by atoms with Gasteiger partial charge in [-0.25, -0.2) is 9.97 Å². The fraction of sp³-hybridized carbons (Fsp3) is 0.368. The third kappa shape index (κ3) is 5.90. The van der Waals surface area contributed by atoms with Crippen molar-refractivity contribution in [2.45, 2.75) is 6.42 Å². The summed E-state index contributed by atoms with van der Waals surface area (Å²) < 4.78 is 0. The van der Waals surface area contributed by atoms with Crippen molar-refractivity contribution in [1.82, 2.24) is 20.2 Å². The zero-order chi connectivity index (χ0) is 19.1. The number of nitrogens with one attached hydrogen (secondary N) is 2. The molecule has 1 aromatic carbocycles. The molecule has 2 amide bonds. The quantitative estimate of drug-likeness (QED) is 0.745. The molecule has 0 unspecified atom stereocenters. The van der Waals surface area contributed by atoms with Gasteiger partial charge in [0.15, 0.2) is 0 Å². The van der Waals surface area contributed by atoms with E-state index in [1.54, 1.807) is 25.5 Å². The monoisotopic (exact) mass is 404 g/mol. The summed E-state index contributed by atoms with van der Waals surface area (Å²) in [5, 5.41) is 5.59. The van der Waals surface area contributed by atoms with Crippen LogP contribution in [0.2, 0.25) is 0 Å². The molecule has 1 saturated heterocycles. The summed E-state index contributed by atoms with van der Waals surface area (Å²) in [4.78, 5) is 36.6. The van der Waals surface area contributed by atoms with Crippen LogP contribution in [0.3, 0.4) is 0 Å². The molecule has 2 heterocycles. The molecule has 0 atom stereocenters. The largest absolute Gasteiger partial charge is 0.339 e. The molecule has 28 heavy (non-hydrogen) atoms. The molecule has 0 bridgehead atoms. The molecule has 8 nitrogen and oxygen atoms in total. The van der Waals surface area contributed by atoms with Gasteiger partial charge in [-0.1, -0.05) is 12.1 Å². The first kappa shape index (κ1) is 21.6. The van der Waals surface area contributed by atoms with E-state index in [2.05, 4.69) is 25.5 Å². The minimum atomic E-state index is -0.0957. The Labute approximate surface area is 170 Å². The van der Waals surface area contributed by atoms with Crippen molar-refractivity contribution in [3.05, 3.63) is 48.3 Å². The molecule has 2 aromatic rings. The second-order valence-corrected chi connectivity index (χ2v) is 6.37. The zero-order valence-corrected chi connectivity index (χ0v) is 16.6. The summed E-state index contributed by atoms with van der Waals surface area (Å²) in [6, 6.07) is 9.18. The molecule has 3 rings (SSSR count). The molecular formula is C19H25ClN6O2. The van der Waals surface area contributed by atoms with Crippen LogP contribution in [0.1, 0.15) is 5.56 Å². The van der Waals surface area contributed by atoms with Crippen LogP contribution in [0.25, 0.3) is 0 Å². The van der Waals surface area contributed by atoms with E-state index in [1.807, 2.05) is 29.2 Å². The summed E-state index contributed by atoms with van der Waals surface area (Å²) in [5.74, 6) is 0.720. The lowest BCUT2D eigenvalue weighted by atomic mass is 10.1. The normalized spacial score (nSPS) is 13.6. The molecule has 0 radical (unpaired) electrons. The van der Waals surface area contributed by atoms with Crippen molar-refractivity contribution >= 4 is 35.9 Å². The van der Waals surface area contributed by atoms with E-state index in [-0.39, 0.29) is 30.8 Å². The Kier molecular flexibility index (Phi) is 8.16. The summed E-state index contributed by atoms with van der Waals surface area (Å²) in [6.45, 7) is 3.04. The van der Waals surface area contributed by atoms with Crippen molar-refractivity contribution in [2.24, 2.45) is 0 Å². The van der Waals surface area contributed by atoms with E-state index in [4.69, 9.17) is 0 Å². The summed E-state index contributed by atoms with van der Waals surface area (Å²) in [6.07, 6.45) is 3.81. The minimum absolute atomic E-state index is 0. The summed E-state index contributed by atoms with van der Waals surface area (Å²) in [7, 11) is 1.72. The van der Waals surface area contributed by atoms with Gasteiger partial charge in [0.25, 0.3) is 0 Å². The van der Waals surface area contributed by atoms with Gasteiger partial charge in [0.05, 0.1) is 13.0 Å². The highest BCUT2D eigenvalue weighted by Gasteiger charge is 2.22. The third-order valence-corrected chi connectivity index (χ3v) is 4.40. The van der Waals surface area contributed by atoms with Gasteiger partial charge in [0, 0.05) is 44.3 Å². The first-order valence-corrected chi connectivity index (χ1v) is 8.99. The number of nitrogens with zero attached hydrogens (tertiary/aromatic N) is 4. The lowest BCUT2D eigenvalue weighted by molar-refractivity contribution is -0.130. The molecular weight excluding hydrogens is 380 g/mol. The molecule has 0 spiro atoms. The van der Waals surface area contributed by atoms with Crippen LogP contribution < -0.4 is 15.5 Å². The van der Waals surface area contributed by atoms with Crippen LogP contribution in [0.15, 0.2) is 42.7 Å². The second kappa shape index (κ2) is 10.6. The topological polar surface area (TPSA) is 90.5 Å². The maximum atomic E-state index is 12.6. The summed E-state index contributed by atoms with van der Waals surface area (Å²) >= 11 is 0. The number of amides is 2. The number of hydrogen-bond acceptors (Lipinski definition) is 6. The zero-order valence-electron chi connectivity index (χ0n) is 15.8. The number of rotatable bonds is 6. The maximum absolute atomic E-state index is 12.6. The standard InChI is InChI=1S/C19H24N6O2.ClH/c1-20-14-17(26)23-16-5-3-15(4-6-16)13-18(27)24-9-11-25(12-10-24)19-21-7-2-8-22-19;/h2-8,20H,9-14H2,1H3,(H,23,26);1H. The first-order valence-electron chi connectivity index (χ1n) is 8.99. The number of carbonyl (C=O) groups is 2.